The zero-order valence-electron chi connectivity index (χ0n) is 14.2. The Balaban J connectivity index is 1.87. The van der Waals surface area contributed by atoms with E-state index < -0.39 is 0 Å². The van der Waals surface area contributed by atoms with E-state index in [1.54, 1.807) is 25.2 Å². The average Bonchev–Trinajstić information content (AvgIpc) is 3.06. The Labute approximate surface area is 145 Å². The summed E-state index contributed by atoms with van der Waals surface area (Å²) in [5, 5.41) is 16.9. The largest absolute Gasteiger partial charge is 0.361 e. The lowest BCUT2D eigenvalue weighted by molar-refractivity contribution is 0.102. The van der Waals surface area contributed by atoms with Crippen LogP contribution in [0.5, 0.6) is 0 Å². The lowest BCUT2D eigenvalue weighted by Crippen LogP contribution is -2.14. The van der Waals surface area contributed by atoms with Crippen molar-refractivity contribution in [3.8, 4) is 6.07 Å². The number of carbonyl (C=O) groups is 1. The highest BCUT2D eigenvalue weighted by atomic mass is 32.1. The molecule has 1 unspecified atom stereocenters. The SMILES string of the molecule is CCCC1CCc2c(sc(NC(=O)c3c(C)noc3C)c2C#N)C1. The van der Waals surface area contributed by atoms with Crippen molar-refractivity contribution in [2.75, 3.05) is 5.32 Å². The number of anilines is 1. The van der Waals surface area contributed by atoms with Gasteiger partial charge in [0.15, 0.2) is 0 Å². The van der Waals surface area contributed by atoms with Crippen molar-refractivity contribution in [3.63, 3.8) is 0 Å². The van der Waals surface area contributed by atoms with Crippen LogP contribution in [0.2, 0.25) is 0 Å². The second-order valence-electron chi connectivity index (χ2n) is 6.37. The number of aryl methyl sites for hydroxylation is 2. The van der Waals surface area contributed by atoms with Gasteiger partial charge in [0.2, 0.25) is 0 Å². The molecule has 24 heavy (non-hydrogen) atoms. The summed E-state index contributed by atoms with van der Waals surface area (Å²) in [5.41, 5.74) is 2.77. The monoisotopic (exact) mass is 343 g/mol. The normalized spacial score (nSPS) is 16.5. The molecule has 2 aromatic heterocycles. The number of hydrogen-bond donors (Lipinski definition) is 1. The summed E-state index contributed by atoms with van der Waals surface area (Å²) in [6, 6.07) is 2.29. The Hall–Kier alpha value is -2.13. The molecular formula is C18H21N3O2S. The molecule has 126 valence electrons. The molecule has 6 heteroatoms. The first-order valence-corrected chi connectivity index (χ1v) is 9.15. The van der Waals surface area contributed by atoms with Gasteiger partial charge < -0.3 is 9.84 Å². The summed E-state index contributed by atoms with van der Waals surface area (Å²) in [7, 11) is 0. The van der Waals surface area contributed by atoms with Gasteiger partial charge in [-0.1, -0.05) is 24.9 Å². The van der Waals surface area contributed by atoms with Crippen molar-refractivity contribution in [1.29, 1.82) is 5.26 Å². The molecule has 1 aliphatic rings. The third-order valence-corrected chi connectivity index (χ3v) is 5.83. The van der Waals surface area contributed by atoms with Crippen molar-refractivity contribution in [3.05, 3.63) is 33.0 Å². The van der Waals surface area contributed by atoms with Gasteiger partial charge in [0.25, 0.3) is 5.91 Å². The number of fused-ring (bicyclic) bond motifs is 1. The minimum Gasteiger partial charge on any atom is -0.361 e. The number of amides is 1. The van der Waals surface area contributed by atoms with Gasteiger partial charge in [-0.05, 0) is 44.6 Å². The third kappa shape index (κ3) is 2.96. The topological polar surface area (TPSA) is 78.9 Å². The first-order chi connectivity index (χ1) is 11.5. The molecule has 5 nitrogen and oxygen atoms in total. The van der Waals surface area contributed by atoms with Gasteiger partial charge in [0, 0.05) is 4.88 Å². The molecule has 0 bridgehead atoms. The molecule has 2 heterocycles. The van der Waals surface area contributed by atoms with Gasteiger partial charge in [0.1, 0.15) is 22.4 Å². The van der Waals surface area contributed by atoms with E-state index in [0.29, 0.717) is 33.5 Å². The minimum absolute atomic E-state index is 0.258. The summed E-state index contributed by atoms with van der Waals surface area (Å²) in [4.78, 5) is 13.8. The molecule has 1 aliphatic carbocycles. The first-order valence-electron chi connectivity index (χ1n) is 8.34. The van der Waals surface area contributed by atoms with Gasteiger partial charge in [-0.15, -0.1) is 11.3 Å². The summed E-state index contributed by atoms with van der Waals surface area (Å²) < 4.78 is 5.06. The molecule has 1 amide bonds. The van der Waals surface area contributed by atoms with Crippen molar-refractivity contribution >= 4 is 22.2 Å². The van der Waals surface area contributed by atoms with Gasteiger partial charge in [-0.25, -0.2) is 0 Å². The number of nitrogens with zero attached hydrogens (tertiary/aromatic N) is 2. The lowest BCUT2D eigenvalue weighted by Gasteiger charge is -2.21. The zero-order valence-corrected chi connectivity index (χ0v) is 15.0. The van der Waals surface area contributed by atoms with Crippen LogP contribution in [0.3, 0.4) is 0 Å². The molecule has 1 atom stereocenters. The number of nitrogens with one attached hydrogen (secondary N) is 1. The van der Waals surface area contributed by atoms with E-state index in [4.69, 9.17) is 4.52 Å². The molecular weight excluding hydrogens is 322 g/mol. The molecule has 0 saturated carbocycles. The molecule has 0 radical (unpaired) electrons. The van der Waals surface area contributed by atoms with Crippen LogP contribution in [0, 0.1) is 31.1 Å². The number of carbonyl (C=O) groups excluding carboxylic acids is 1. The van der Waals surface area contributed by atoms with Crippen LogP contribution in [0.1, 0.15) is 64.0 Å². The molecule has 0 spiro atoms. The fraction of sp³-hybridized carbons (Fsp3) is 0.500. The number of thiophene rings is 1. The number of aromatic nitrogens is 1. The predicted molar refractivity (Wildman–Crippen MR) is 93.4 cm³/mol. The minimum atomic E-state index is -0.258. The molecule has 0 aliphatic heterocycles. The summed E-state index contributed by atoms with van der Waals surface area (Å²) in [6.45, 7) is 5.67. The van der Waals surface area contributed by atoms with Crippen LogP contribution >= 0.6 is 11.3 Å². The van der Waals surface area contributed by atoms with Crippen LogP contribution in [0.25, 0.3) is 0 Å². The second kappa shape index (κ2) is 6.78. The van der Waals surface area contributed by atoms with E-state index >= 15 is 0 Å². The van der Waals surface area contributed by atoms with Crippen molar-refractivity contribution in [1.82, 2.24) is 5.16 Å². The molecule has 1 N–H and O–H groups in total. The predicted octanol–water partition coefficient (Wildman–Crippen LogP) is 4.38. The van der Waals surface area contributed by atoms with E-state index in [9.17, 15) is 10.1 Å². The molecule has 0 aromatic carbocycles. The van der Waals surface area contributed by atoms with Crippen LogP contribution < -0.4 is 5.32 Å². The van der Waals surface area contributed by atoms with Gasteiger partial charge in [0.05, 0.1) is 11.3 Å². The van der Waals surface area contributed by atoms with Gasteiger partial charge in [-0.3, -0.25) is 4.79 Å². The summed E-state index contributed by atoms with van der Waals surface area (Å²) >= 11 is 1.55. The Morgan fingerprint density at radius 3 is 2.92 bits per heavy atom. The third-order valence-electron chi connectivity index (χ3n) is 4.66. The molecule has 2 aromatic rings. The van der Waals surface area contributed by atoms with E-state index in [2.05, 4.69) is 23.5 Å². The van der Waals surface area contributed by atoms with Crippen LogP contribution in [-0.4, -0.2) is 11.1 Å². The van der Waals surface area contributed by atoms with Crippen molar-refractivity contribution < 1.29 is 9.32 Å². The number of rotatable bonds is 4. The molecule has 0 saturated heterocycles. The maximum Gasteiger partial charge on any atom is 0.261 e. The summed E-state index contributed by atoms with van der Waals surface area (Å²) in [5.74, 6) is 0.929. The van der Waals surface area contributed by atoms with Crippen molar-refractivity contribution in [2.45, 2.75) is 52.9 Å². The number of nitriles is 1. The highest BCUT2D eigenvalue weighted by Gasteiger charge is 2.27. The Kier molecular flexibility index (Phi) is 4.72. The van der Waals surface area contributed by atoms with Gasteiger partial charge >= 0.3 is 0 Å². The maximum absolute atomic E-state index is 12.6. The Morgan fingerprint density at radius 1 is 1.50 bits per heavy atom. The summed E-state index contributed by atoms with van der Waals surface area (Å²) in [6.07, 6.45) is 5.49. The molecule has 0 fully saturated rings. The lowest BCUT2D eigenvalue weighted by atomic mass is 9.85. The maximum atomic E-state index is 12.6. The van der Waals surface area contributed by atoms with Crippen LogP contribution in [-0.2, 0) is 12.8 Å². The highest BCUT2D eigenvalue weighted by Crippen LogP contribution is 2.40. The van der Waals surface area contributed by atoms with Crippen LogP contribution in [0.4, 0.5) is 5.00 Å². The van der Waals surface area contributed by atoms with Gasteiger partial charge in [-0.2, -0.15) is 5.26 Å². The first kappa shape index (κ1) is 16.7. The van der Waals surface area contributed by atoms with E-state index in [-0.39, 0.29) is 5.91 Å². The Morgan fingerprint density at radius 2 is 2.29 bits per heavy atom. The van der Waals surface area contributed by atoms with E-state index in [0.717, 1.165) is 24.8 Å². The van der Waals surface area contributed by atoms with Crippen molar-refractivity contribution in [2.24, 2.45) is 5.92 Å². The fourth-order valence-electron chi connectivity index (χ4n) is 3.49. The van der Waals surface area contributed by atoms with Crippen LogP contribution in [0.15, 0.2) is 4.52 Å². The number of hydrogen-bond acceptors (Lipinski definition) is 5. The quantitative estimate of drug-likeness (QED) is 0.893. The van der Waals surface area contributed by atoms with E-state index in [1.165, 1.54) is 17.7 Å². The average molecular weight is 343 g/mol. The smallest absolute Gasteiger partial charge is 0.261 e. The standard InChI is InChI=1S/C18H21N3O2S/c1-4-5-12-6-7-13-14(9-19)18(24-15(13)8-12)20-17(22)16-10(2)21-23-11(16)3/h12H,4-8H2,1-3H3,(H,20,22). The molecule has 3 rings (SSSR count). The zero-order chi connectivity index (χ0) is 17.3. The van der Waals surface area contributed by atoms with E-state index in [1.807, 2.05) is 0 Å². The highest BCUT2D eigenvalue weighted by molar-refractivity contribution is 7.16. The second-order valence-corrected chi connectivity index (χ2v) is 7.48. The Bertz CT molecular complexity index is 794. The fourth-order valence-corrected chi connectivity index (χ4v) is 4.80.